The van der Waals surface area contributed by atoms with E-state index in [1.54, 1.807) is 18.2 Å². The molecule has 2 heteroatoms. The number of benzene rings is 1. The van der Waals surface area contributed by atoms with Gasteiger partial charge in [-0.15, -0.1) is 0 Å². The maximum Gasteiger partial charge on any atom is 0.123 e. The summed E-state index contributed by atoms with van der Waals surface area (Å²) in [7, 11) is 0. The van der Waals surface area contributed by atoms with E-state index in [-0.39, 0.29) is 5.82 Å². The van der Waals surface area contributed by atoms with Crippen LogP contribution in [0.4, 0.5) is 4.39 Å². The molecule has 0 fully saturated rings. The molecule has 0 aliphatic heterocycles. The van der Waals surface area contributed by atoms with Crippen LogP contribution in [0.25, 0.3) is 0 Å². The summed E-state index contributed by atoms with van der Waals surface area (Å²) >= 11 is 0. The minimum Gasteiger partial charge on any atom is -0.207 e. The van der Waals surface area contributed by atoms with Crippen LogP contribution in [0.3, 0.4) is 0 Å². The molecule has 46 valence electrons. The second kappa shape index (κ2) is 4.79. The Morgan fingerprint density at radius 2 is 1.56 bits per heavy atom. The summed E-state index contributed by atoms with van der Waals surface area (Å²) in [5.74, 6) is -0.178. The highest BCUT2D eigenvalue weighted by Crippen LogP contribution is 1.91. The maximum absolute atomic E-state index is 11.9. The van der Waals surface area contributed by atoms with Crippen LogP contribution >= 0.6 is 0 Å². The third-order valence-corrected chi connectivity index (χ3v) is 0.733. The van der Waals surface area contributed by atoms with Gasteiger partial charge >= 0.3 is 0 Å². The van der Waals surface area contributed by atoms with Crippen molar-refractivity contribution in [2.24, 2.45) is 0 Å². The molecule has 0 bridgehead atoms. The Balaban J connectivity index is 0.000000291. The van der Waals surface area contributed by atoms with Gasteiger partial charge in [0.05, 0.1) is 0 Å². The molecule has 0 N–H and O–H groups in total. The van der Waals surface area contributed by atoms with E-state index in [9.17, 15) is 4.39 Å². The molecule has 0 aliphatic rings. The number of halogens is 1. The highest BCUT2D eigenvalue weighted by Gasteiger charge is 1.77. The Bertz CT molecular complexity index is 169. The fraction of sp³-hybridized carbons (Fsp3) is 0. The standard InChI is InChI=1S/C6H5F.CHN/c7-6-4-2-1-3-5-6;1-2/h1-5H;1H. The first-order chi connectivity index (χ1) is 4.39. The van der Waals surface area contributed by atoms with Crippen molar-refractivity contribution in [3.63, 3.8) is 0 Å². The van der Waals surface area contributed by atoms with Gasteiger partial charge < -0.3 is 0 Å². The summed E-state index contributed by atoms with van der Waals surface area (Å²) < 4.78 is 11.9. The van der Waals surface area contributed by atoms with Crippen molar-refractivity contribution in [3.05, 3.63) is 36.1 Å². The average molecular weight is 123 g/mol. The van der Waals surface area contributed by atoms with Crippen molar-refractivity contribution in [1.29, 1.82) is 5.26 Å². The summed E-state index contributed by atoms with van der Waals surface area (Å²) in [5, 5.41) is 6.50. The molecular formula is C7H6FN. The van der Waals surface area contributed by atoms with Crippen molar-refractivity contribution >= 4 is 0 Å². The van der Waals surface area contributed by atoms with Gasteiger partial charge in [0.25, 0.3) is 0 Å². The molecule has 1 nitrogen and oxygen atoms in total. The van der Waals surface area contributed by atoms with E-state index in [0.29, 0.717) is 0 Å². The average Bonchev–Trinajstić information content (AvgIpc) is 1.94. The zero-order valence-electron chi connectivity index (χ0n) is 4.79. The van der Waals surface area contributed by atoms with Crippen molar-refractivity contribution in [3.8, 4) is 6.57 Å². The molecule has 0 aromatic heterocycles. The third-order valence-electron chi connectivity index (χ3n) is 0.733. The molecule has 1 aromatic carbocycles. The smallest absolute Gasteiger partial charge is 0.123 e. The van der Waals surface area contributed by atoms with E-state index in [4.69, 9.17) is 5.26 Å². The topological polar surface area (TPSA) is 23.8 Å². The summed E-state index contributed by atoms with van der Waals surface area (Å²) in [5.41, 5.74) is 0. The van der Waals surface area contributed by atoms with Gasteiger partial charge in [0.15, 0.2) is 0 Å². The number of rotatable bonds is 0. The zero-order chi connectivity index (χ0) is 7.11. The quantitative estimate of drug-likeness (QED) is 0.517. The molecule has 0 heterocycles. The summed E-state index contributed by atoms with van der Waals surface area (Å²) in [6.45, 7) is 3.50. The van der Waals surface area contributed by atoms with Crippen molar-refractivity contribution < 1.29 is 4.39 Å². The van der Waals surface area contributed by atoms with Crippen LogP contribution < -0.4 is 0 Å². The predicted octanol–water partition coefficient (Wildman–Crippen LogP) is 1.97. The molecular weight excluding hydrogens is 117 g/mol. The van der Waals surface area contributed by atoms with Gasteiger partial charge in [-0.05, 0) is 12.1 Å². The monoisotopic (exact) mass is 123 g/mol. The second-order valence-corrected chi connectivity index (χ2v) is 1.30. The van der Waals surface area contributed by atoms with E-state index < -0.39 is 0 Å². The van der Waals surface area contributed by atoms with E-state index in [0.717, 1.165) is 0 Å². The molecule has 1 aromatic rings. The molecule has 9 heavy (non-hydrogen) atoms. The molecule has 0 unspecified atom stereocenters. The molecule has 0 aliphatic carbocycles. The van der Waals surface area contributed by atoms with Crippen LogP contribution in [0.1, 0.15) is 0 Å². The number of nitriles is 1. The first-order valence-electron chi connectivity index (χ1n) is 2.36. The van der Waals surface area contributed by atoms with Crippen molar-refractivity contribution in [2.45, 2.75) is 0 Å². The second-order valence-electron chi connectivity index (χ2n) is 1.30. The Morgan fingerprint density at radius 1 is 1.11 bits per heavy atom. The molecule has 0 saturated heterocycles. The highest BCUT2D eigenvalue weighted by molar-refractivity contribution is 5.02. The van der Waals surface area contributed by atoms with Crippen molar-refractivity contribution in [1.82, 2.24) is 0 Å². The lowest BCUT2D eigenvalue weighted by atomic mass is 10.4. The molecule has 0 spiro atoms. The fourth-order valence-electron chi connectivity index (χ4n) is 0.415. The number of nitrogens with zero attached hydrogens (tertiary/aromatic N) is 1. The van der Waals surface area contributed by atoms with Gasteiger partial charge in [-0.2, -0.15) is 0 Å². The SMILES string of the molecule is C#N.Fc1ccccc1. The summed E-state index contributed by atoms with van der Waals surface area (Å²) in [6, 6.07) is 7.94. The lowest BCUT2D eigenvalue weighted by Crippen LogP contribution is -1.63. The molecule has 0 saturated carbocycles. The Morgan fingerprint density at radius 3 is 1.78 bits per heavy atom. The lowest BCUT2D eigenvalue weighted by Gasteiger charge is -1.78. The summed E-state index contributed by atoms with van der Waals surface area (Å²) in [6.07, 6.45) is 0. The van der Waals surface area contributed by atoms with Gasteiger partial charge in [-0.3, -0.25) is 0 Å². The third kappa shape index (κ3) is 3.24. The first kappa shape index (κ1) is 7.64. The predicted molar refractivity (Wildman–Crippen MR) is 33.1 cm³/mol. The molecule has 0 atom stereocenters. The lowest BCUT2D eigenvalue weighted by molar-refractivity contribution is 0.628. The number of hydrogen-bond donors (Lipinski definition) is 0. The maximum atomic E-state index is 11.9. The van der Waals surface area contributed by atoms with Crippen LogP contribution in [0.5, 0.6) is 0 Å². The molecule has 0 radical (unpaired) electrons. The van der Waals surface area contributed by atoms with Crippen LogP contribution in [-0.2, 0) is 0 Å². The van der Waals surface area contributed by atoms with Gasteiger partial charge in [-0.25, -0.2) is 9.65 Å². The van der Waals surface area contributed by atoms with Gasteiger partial charge in [-0.1, -0.05) is 18.2 Å². The first-order valence-corrected chi connectivity index (χ1v) is 2.36. The van der Waals surface area contributed by atoms with E-state index >= 15 is 0 Å². The number of hydrogen-bond acceptors (Lipinski definition) is 1. The van der Waals surface area contributed by atoms with Crippen LogP contribution in [-0.4, -0.2) is 0 Å². The van der Waals surface area contributed by atoms with Crippen LogP contribution in [0.15, 0.2) is 30.3 Å². The van der Waals surface area contributed by atoms with Crippen LogP contribution in [0.2, 0.25) is 0 Å². The molecule has 1 rings (SSSR count). The van der Waals surface area contributed by atoms with E-state index in [1.165, 1.54) is 12.1 Å². The summed E-state index contributed by atoms with van der Waals surface area (Å²) in [4.78, 5) is 0. The zero-order valence-corrected chi connectivity index (χ0v) is 4.79. The normalized spacial score (nSPS) is 7.00. The minimum absolute atomic E-state index is 0.178. The van der Waals surface area contributed by atoms with Gasteiger partial charge in [0.1, 0.15) is 5.82 Å². The highest BCUT2D eigenvalue weighted by atomic mass is 19.1. The van der Waals surface area contributed by atoms with Gasteiger partial charge in [0, 0.05) is 6.57 Å². The molecule has 0 amide bonds. The fourth-order valence-corrected chi connectivity index (χ4v) is 0.415. The minimum atomic E-state index is -0.178. The Labute approximate surface area is 53.4 Å². The van der Waals surface area contributed by atoms with Gasteiger partial charge in [0.2, 0.25) is 0 Å². The Kier molecular flexibility index (Phi) is 4.07. The van der Waals surface area contributed by atoms with E-state index in [1.807, 2.05) is 0 Å². The largest absolute Gasteiger partial charge is 0.207 e. The van der Waals surface area contributed by atoms with E-state index in [2.05, 4.69) is 6.57 Å². The van der Waals surface area contributed by atoms with Crippen LogP contribution in [0, 0.1) is 17.7 Å². The van der Waals surface area contributed by atoms with Crippen molar-refractivity contribution in [2.75, 3.05) is 0 Å². The Hall–Kier alpha value is -1.36.